The first-order chi connectivity index (χ1) is 8.34. The highest BCUT2D eigenvalue weighted by molar-refractivity contribution is 5.85. The molecular formula is C8H15N3O7. The lowest BCUT2D eigenvalue weighted by atomic mass is 9.99. The zero-order valence-electron chi connectivity index (χ0n) is 9.52. The van der Waals surface area contributed by atoms with E-state index in [1.165, 1.54) is 6.92 Å². The normalized spacial score (nSPS) is 17.3. The number of nitrogens with zero attached hydrogens (tertiary/aromatic N) is 1. The lowest BCUT2D eigenvalue weighted by Gasteiger charge is -2.24. The van der Waals surface area contributed by atoms with Crippen LogP contribution in [0.5, 0.6) is 0 Å². The van der Waals surface area contributed by atoms with Gasteiger partial charge in [-0.25, -0.2) is 4.89 Å². The Morgan fingerprint density at radius 1 is 1.50 bits per heavy atom. The quantitative estimate of drug-likeness (QED) is 0.188. The number of aliphatic hydroxyl groups is 1. The standard InChI is InChI=1S/C8H15N3O7/c1-3(12)5(9)6(11-16)7(18-17)8(15)10-2-4(13)14/h3,5-7,12,17H,2,9H2,1H3,(H,10,15)(H,13,14). The zero-order chi connectivity index (χ0) is 14.3. The number of carboxylic acids is 1. The maximum Gasteiger partial charge on any atom is 0.322 e. The molecule has 0 aromatic heterocycles. The molecule has 1 amide bonds. The second kappa shape index (κ2) is 7.66. The van der Waals surface area contributed by atoms with Crippen molar-refractivity contribution in [3.05, 3.63) is 4.91 Å². The van der Waals surface area contributed by atoms with Gasteiger partial charge in [-0.15, -0.1) is 0 Å². The topological polar surface area (TPSA) is 172 Å². The van der Waals surface area contributed by atoms with Crippen LogP contribution in [-0.4, -0.2) is 58.2 Å². The van der Waals surface area contributed by atoms with Gasteiger partial charge in [0.15, 0.2) is 6.10 Å². The van der Waals surface area contributed by atoms with E-state index in [1.54, 1.807) is 0 Å². The maximum absolute atomic E-state index is 11.4. The van der Waals surface area contributed by atoms with Gasteiger partial charge in [0, 0.05) is 0 Å². The monoisotopic (exact) mass is 265 g/mol. The van der Waals surface area contributed by atoms with Gasteiger partial charge < -0.3 is 21.3 Å². The van der Waals surface area contributed by atoms with Gasteiger partial charge in [-0.2, -0.15) is 4.91 Å². The second-order valence-corrected chi connectivity index (χ2v) is 3.55. The van der Waals surface area contributed by atoms with Crippen molar-refractivity contribution < 1.29 is 29.9 Å². The van der Waals surface area contributed by atoms with Gasteiger partial charge in [-0.05, 0) is 6.92 Å². The molecule has 0 fully saturated rings. The lowest BCUT2D eigenvalue weighted by Crippen LogP contribution is -2.54. The summed E-state index contributed by atoms with van der Waals surface area (Å²) in [5, 5.41) is 30.5. The number of amides is 1. The molecule has 0 radical (unpaired) electrons. The Bertz CT molecular complexity index is 309. The zero-order valence-corrected chi connectivity index (χ0v) is 9.52. The van der Waals surface area contributed by atoms with E-state index in [2.05, 4.69) is 10.1 Å². The minimum absolute atomic E-state index is 0.728. The average Bonchev–Trinajstić information content (AvgIpc) is 2.31. The molecule has 0 spiro atoms. The van der Waals surface area contributed by atoms with Gasteiger partial charge in [0.05, 0.1) is 12.1 Å². The van der Waals surface area contributed by atoms with E-state index in [0.29, 0.717) is 0 Å². The fourth-order valence-electron chi connectivity index (χ4n) is 1.14. The van der Waals surface area contributed by atoms with Crippen LogP contribution in [0.3, 0.4) is 0 Å². The van der Waals surface area contributed by atoms with Crippen LogP contribution in [0.15, 0.2) is 5.18 Å². The molecule has 0 aromatic carbocycles. The molecule has 0 saturated heterocycles. The summed E-state index contributed by atoms with van der Waals surface area (Å²) in [6, 6.07) is -2.82. The number of aliphatic hydroxyl groups excluding tert-OH is 1. The van der Waals surface area contributed by atoms with Gasteiger partial charge in [0.25, 0.3) is 5.91 Å². The highest BCUT2D eigenvalue weighted by Gasteiger charge is 2.37. The van der Waals surface area contributed by atoms with Crippen LogP contribution >= 0.6 is 0 Å². The molecule has 6 N–H and O–H groups in total. The molecule has 0 saturated carbocycles. The lowest BCUT2D eigenvalue weighted by molar-refractivity contribution is -0.276. The number of nitrogens with one attached hydrogen (secondary N) is 1. The molecule has 0 aliphatic rings. The van der Waals surface area contributed by atoms with Gasteiger partial charge in [-0.1, -0.05) is 5.18 Å². The second-order valence-electron chi connectivity index (χ2n) is 3.55. The number of carboxylic acid groups (broad SMARTS) is 1. The number of nitroso groups, excluding NO2 is 1. The molecule has 0 aliphatic carbocycles. The number of carbonyl (C=O) groups is 2. The van der Waals surface area contributed by atoms with Crippen molar-refractivity contribution >= 4 is 11.9 Å². The summed E-state index contributed by atoms with van der Waals surface area (Å²) in [7, 11) is 0. The van der Waals surface area contributed by atoms with Gasteiger partial charge in [0.1, 0.15) is 12.6 Å². The molecule has 18 heavy (non-hydrogen) atoms. The molecular weight excluding hydrogens is 250 g/mol. The number of carbonyl (C=O) groups excluding carboxylic acids is 1. The van der Waals surface area contributed by atoms with E-state index < -0.39 is 42.7 Å². The SMILES string of the molecule is CC(O)C(N)C(N=O)C(OO)C(=O)NCC(=O)O. The minimum Gasteiger partial charge on any atom is -0.480 e. The molecule has 0 aliphatic heterocycles. The van der Waals surface area contributed by atoms with Gasteiger partial charge in [-0.3, -0.25) is 14.8 Å². The molecule has 0 aromatic rings. The van der Waals surface area contributed by atoms with Crippen LogP contribution in [0.25, 0.3) is 0 Å². The molecule has 4 unspecified atom stereocenters. The van der Waals surface area contributed by atoms with Crippen molar-refractivity contribution in [3.63, 3.8) is 0 Å². The number of nitrogens with two attached hydrogens (primary N) is 1. The third-order valence-electron chi connectivity index (χ3n) is 2.17. The average molecular weight is 265 g/mol. The van der Waals surface area contributed by atoms with E-state index in [4.69, 9.17) is 16.1 Å². The molecule has 4 atom stereocenters. The summed E-state index contributed by atoms with van der Waals surface area (Å²) in [6.07, 6.45) is -2.98. The Labute approximate surface area is 102 Å². The Balaban J connectivity index is 4.75. The van der Waals surface area contributed by atoms with Crippen molar-refractivity contribution in [1.82, 2.24) is 5.32 Å². The van der Waals surface area contributed by atoms with Crippen LogP contribution in [0.1, 0.15) is 6.92 Å². The van der Waals surface area contributed by atoms with Crippen molar-refractivity contribution in [2.24, 2.45) is 10.9 Å². The maximum atomic E-state index is 11.4. The van der Waals surface area contributed by atoms with E-state index in [0.717, 1.165) is 0 Å². The highest BCUT2D eigenvalue weighted by Crippen LogP contribution is 2.10. The van der Waals surface area contributed by atoms with Crippen molar-refractivity contribution in [2.45, 2.75) is 31.2 Å². The van der Waals surface area contributed by atoms with Crippen molar-refractivity contribution in [2.75, 3.05) is 6.54 Å². The summed E-state index contributed by atoms with van der Waals surface area (Å²) in [4.78, 5) is 36.0. The third-order valence-corrected chi connectivity index (χ3v) is 2.17. The summed E-state index contributed by atoms with van der Waals surface area (Å²) >= 11 is 0. The molecule has 0 heterocycles. The Morgan fingerprint density at radius 2 is 2.06 bits per heavy atom. The van der Waals surface area contributed by atoms with Crippen LogP contribution in [-0.2, 0) is 14.5 Å². The first kappa shape index (κ1) is 16.4. The first-order valence-corrected chi connectivity index (χ1v) is 4.91. The van der Waals surface area contributed by atoms with E-state index in [9.17, 15) is 19.6 Å². The van der Waals surface area contributed by atoms with Crippen LogP contribution in [0, 0.1) is 4.91 Å². The number of hydrogen-bond donors (Lipinski definition) is 5. The summed E-state index contributed by atoms with van der Waals surface area (Å²) in [6.45, 7) is 0.528. The van der Waals surface area contributed by atoms with Crippen molar-refractivity contribution in [1.29, 1.82) is 0 Å². The van der Waals surface area contributed by atoms with Crippen LogP contribution in [0.2, 0.25) is 0 Å². The minimum atomic E-state index is -1.80. The fourth-order valence-corrected chi connectivity index (χ4v) is 1.14. The summed E-state index contributed by atoms with van der Waals surface area (Å²) < 4.78 is 0. The summed E-state index contributed by atoms with van der Waals surface area (Å²) in [5.41, 5.74) is 5.41. The predicted molar refractivity (Wildman–Crippen MR) is 57.4 cm³/mol. The highest BCUT2D eigenvalue weighted by atomic mass is 17.1. The van der Waals surface area contributed by atoms with E-state index in [-0.39, 0.29) is 0 Å². The fraction of sp³-hybridized carbons (Fsp3) is 0.750. The first-order valence-electron chi connectivity index (χ1n) is 4.91. The molecule has 0 bridgehead atoms. The smallest absolute Gasteiger partial charge is 0.322 e. The predicted octanol–water partition coefficient (Wildman–Crippen LogP) is -2.11. The van der Waals surface area contributed by atoms with Crippen LogP contribution in [0.4, 0.5) is 0 Å². The van der Waals surface area contributed by atoms with Crippen LogP contribution < -0.4 is 11.1 Å². The summed E-state index contributed by atoms with van der Waals surface area (Å²) in [5.74, 6) is -2.41. The molecule has 10 nitrogen and oxygen atoms in total. The molecule has 0 rings (SSSR count). The molecule has 10 heteroatoms. The Hall–Kier alpha value is -1.62. The molecule has 104 valence electrons. The van der Waals surface area contributed by atoms with E-state index >= 15 is 0 Å². The van der Waals surface area contributed by atoms with Gasteiger partial charge in [0.2, 0.25) is 0 Å². The van der Waals surface area contributed by atoms with Crippen molar-refractivity contribution in [3.8, 4) is 0 Å². The number of rotatable bonds is 8. The number of hydrogen-bond acceptors (Lipinski definition) is 8. The van der Waals surface area contributed by atoms with E-state index in [1.807, 2.05) is 5.32 Å². The Morgan fingerprint density at radius 3 is 2.39 bits per heavy atom. The van der Waals surface area contributed by atoms with Gasteiger partial charge >= 0.3 is 5.97 Å². The third kappa shape index (κ3) is 4.71. The number of aliphatic carboxylic acids is 1. The Kier molecular flexibility index (Phi) is 6.97. The largest absolute Gasteiger partial charge is 0.480 e.